The number of pyridine rings is 1. The Morgan fingerprint density at radius 1 is 1.41 bits per heavy atom. The number of nitrogens with one attached hydrogen (secondary N) is 2. The van der Waals surface area contributed by atoms with Gasteiger partial charge >= 0.3 is 0 Å². The van der Waals surface area contributed by atoms with Gasteiger partial charge in [-0.05, 0) is 17.5 Å². The second kappa shape index (κ2) is 6.80. The first-order valence-corrected chi connectivity index (χ1v) is 7.70. The van der Waals surface area contributed by atoms with Crippen molar-refractivity contribution in [2.75, 3.05) is 17.2 Å². The number of hydrogen-bond donors (Lipinski definition) is 3. The van der Waals surface area contributed by atoms with Crippen molar-refractivity contribution in [2.24, 2.45) is 5.41 Å². The molecule has 0 bridgehead atoms. The maximum Gasteiger partial charge on any atom is 0.259 e. The number of anilines is 2. The predicted molar refractivity (Wildman–Crippen MR) is 86.1 cm³/mol. The smallest absolute Gasteiger partial charge is 0.259 e. The van der Waals surface area contributed by atoms with Crippen molar-refractivity contribution in [1.29, 1.82) is 0 Å². The van der Waals surface area contributed by atoms with Crippen LogP contribution < -0.4 is 10.6 Å². The molecule has 0 aromatic carbocycles. The molecule has 0 saturated carbocycles. The Labute approximate surface area is 132 Å². The van der Waals surface area contributed by atoms with Crippen molar-refractivity contribution in [3.05, 3.63) is 29.4 Å². The molecule has 2 aromatic rings. The van der Waals surface area contributed by atoms with E-state index in [0.29, 0.717) is 23.1 Å². The minimum absolute atomic E-state index is 0.200. The van der Waals surface area contributed by atoms with Crippen LogP contribution in [0.4, 0.5) is 10.9 Å². The molecule has 8 heteroatoms. The first-order chi connectivity index (χ1) is 10.4. The number of aliphatic hydroxyl groups excluding tert-OH is 1. The molecule has 1 amide bonds. The third-order valence-corrected chi connectivity index (χ3v) is 3.69. The predicted octanol–water partition coefficient (Wildman–Crippen LogP) is 2.00. The highest BCUT2D eigenvalue weighted by molar-refractivity contribution is 7.13. The quantitative estimate of drug-likeness (QED) is 0.779. The van der Waals surface area contributed by atoms with Crippen LogP contribution in [0.2, 0.25) is 0 Å². The highest BCUT2D eigenvalue weighted by Crippen LogP contribution is 2.19. The van der Waals surface area contributed by atoms with Gasteiger partial charge in [0.25, 0.3) is 5.91 Å². The van der Waals surface area contributed by atoms with E-state index < -0.39 is 6.10 Å². The van der Waals surface area contributed by atoms with E-state index in [1.54, 1.807) is 17.6 Å². The van der Waals surface area contributed by atoms with Crippen LogP contribution in [0, 0.1) is 5.41 Å². The molecule has 118 valence electrons. The number of aromatic nitrogens is 3. The summed E-state index contributed by atoms with van der Waals surface area (Å²) in [5.74, 6) is 0.321. The Hall–Kier alpha value is -2.06. The zero-order valence-electron chi connectivity index (χ0n) is 12.7. The molecule has 7 nitrogen and oxygen atoms in total. The maximum atomic E-state index is 11.9. The summed E-state index contributed by atoms with van der Waals surface area (Å²) in [5.41, 5.74) is 1.77. The zero-order chi connectivity index (χ0) is 16.2. The lowest BCUT2D eigenvalue weighted by atomic mass is 9.89. The van der Waals surface area contributed by atoms with Gasteiger partial charge in [0.05, 0.1) is 11.7 Å². The number of rotatable bonds is 5. The molecule has 0 aliphatic carbocycles. The number of hydrogen-bond acceptors (Lipinski definition) is 7. The summed E-state index contributed by atoms with van der Waals surface area (Å²) in [6.45, 7) is 6.29. The molecule has 0 aliphatic heterocycles. The van der Waals surface area contributed by atoms with Gasteiger partial charge in [-0.25, -0.2) is 4.98 Å². The SMILES string of the molecule is CC(C)(C)C(O)CNc1ccc(C(=O)Nc2nncs2)cn1. The average Bonchev–Trinajstić information content (AvgIpc) is 2.97. The number of aliphatic hydroxyl groups is 1. The van der Waals surface area contributed by atoms with Gasteiger partial charge in [-0.3, -0.25) is 10.1 Å². The molecule has 1 atom stereocenters. The molecule has 0 fully saturated rings. The Kier molecular flexibility index (Phi) is 5.04. The Bertz CT molecular complexity index is 607. The summed E-state index contributed by atoms with van der Waals surface area (Å²) in [4.78, 5) is 16.1. The Morgan fingerprint density at radius 3 is 2.73 bits per heavy atom. The van der Waals surface area contributed by atoms with Crippen LogP contribution in [0.25, 0.3) is 0 Å². The van der Waals surface area contributed by atoms with Gasteiger partial charge in [0.1, 0.15) is 11.3 Å². The van der Waals surface area contributed by atoms with Crippen molar-refractivity contribution in [3.8, 4) is 0 Å². The van der Waals surface area contributed by atoms with E-state index in [2.05, 4.69) is 25.8 Å². The van der Waals surface area contributed by atoms with Gasteiger partial charge in [-0.2, -0.15) is 0 Å². The molecule has 3 N–H and O–H groups in total. The largest absolute Gasteiger partial charge is 0.391 e. The topological polar surface area (TPSA) is 100 Å². The summed E-state index contributed by atoms with van der Waals surface area (Å²) < 4.78 is 0. The highest BCUT2D eigenvalue weighted by Gasteiger charge is 2.21. The van der Waals surface area contributed by atoms with Crippen LogP contribution in [-0.2, 0) is 0 Å². The average molecular weight is 321 g/mol. The lowest BCUT2D eigenvalue weighted by Gasteiger charge is -2.26. The zero-order valence-corrected chi connectivity index (χ0v) is 13.5. The molecule has 1 unspecified atom stereocenters. The lowest BCUT2D eigenvalue weighted by Crippen LogP contribution is -2.33. The van der Waals surface area contributed by atoms with Crippen LogP contribution in [0.1, 0.15) is 31.1 Å². The van der Waals surface area contributed by atoms with Crippen molar-refractivity contribution in [2.45, 2.75) is 26.9 Å². The summed E-state index contributed by atoms with van der Waals surface area (Å²) in [5, 5.41) is 23.5. The van der Waals surface area contributed by atoms with Crippen LogP contribution in [0.5, 0.6) is 0 Å². The van der Waals surface area contributed by atoms with Gasteiger partial charge in [0, 0.05) is 12.7 Å². The third kappa shape index (κ3) is 4.47. The number of nitrogens with zero attached hydrogens (tertiary/aromatic N) is 3. The van der Waals surface area contributed by atoms with Crippen LogP contribution in [0.15, 0.2) is 23.8 Å². The first kappa shape index (κ1) is 16.3. The highest BCUT2D eigenvalue weighted by atomic mass is 32.1. The van der Waals surface area contributed by atoms with Crippen LogP contribution >= 0.6 is 11.3 Å². The van der Waals surface area contributed by atoms with Gasteiger partial charge in [-0.15, -0.1) is 10.2 Å². The molecule has 2 aromatic heterocycles. The molecule has 0 aliphatic rings. The number of carbonyl (C=O) groups is 1. The fraction of sp³-hybridized carbons (Fsp3) is 0.429. The second-order valence-electron chi connectivity index (χ2n) is 5.89. The molecule has 0 spiro atoms. The summed E-state index contributed by atoms with van der Waals surface area (Å²) in [7, 11) is 0. The normalized spacial score (nSPS) is 12.7. The van der Waals surface area contributed by atoms with E-state index in [-0.39, 0.29) is 11.3 Å². The maximum absolute atomic E-state index is 11.9. The summed E-state index contributed by atoms with van der Waals surface area (Å²) >= 11 is 1.25. The Balaban J connectivity index is 1.91. The van der Waals surface area contributed by atoms with E-state index in [4.69, 9.17) is 0 Å². The fourth-order valence-corrected chi connectivity index (χ4v) is 1.98. The molecular formula is C14H19N5O2S. The fourth-order valence-electron chi connectivity index (χ4n) is 1.54. The lowest BCUT2D eigenvalue weighted by molar-refractivity contribution is 0.0745. The van der Waals surface area contributed by atoms with E-state index in [9.17, 15) is 9.90 Å². The first-order valence-electron chi connectivity index (χ1n) is 6.82. The second-order valence-corrected chi connectivity index (χ2v) is 6.73. The number of carbonyl (C=O) groups excluding carboxylic acids is 1. The Morgan fingerprint density at radius 2 is 2.18 bits per heavy atom. The van der Waals surface area contributed by atoms with Gasteiger partial charge in [0.2, 0.25) is 5.13 Å². The van der Waals surface area contributed by atoms with E-state index in [0.717, 1.165) is 0 Å². The summed E-state index contributed by atoms with van der Waals surface area (Å²) in [6.07, 6.45) is 0.983. The van der Waals surface area contributed by atoms with Crippen LogP contribution in [-0.4, -0.2) is 38.8 Å². The van der Waals surface area contributed by atoms with E-state index in [1.165, 1.54) is 17.5 Å². The third-order valence-electron chi connectivity index (χ3n) is 3.08. The van der Waals surface area contributed by atoms with Crippen molar-refractivity contribution in [3.63, 3.8) is 0 Å². The molecule has 0 radical (unpaired) electrons. The monoisotopic (exact) mass is 321 g/mol. The van der Waals surface area contributed by atoms with Gasteiger partial charge in [-0.1, -0.05) is 32.1 Å². The van der Waals surface area contributed by atoms with Crippen molar-refractivity contribution >= 4 is 28.2 Å². The van der Waals surface area contributed by atoms with Crippen LogP contribution in [0.3, 0.4) is 0 Å². The van der Waals surface area contributed by atoms with Gasteiger partial charge < -0.3 is 10.4 Å². The van der Waals surface area contributed by atoms with E-state index >= 15 is 0 Å². The van der Waals surface area contributed by atoms with Gasteiger partial charge in [0.15, 0.2) is 0 Å². The minimum Gasteiger partial charge on any atom is -0.391 e. The minimum atomic E-state index is -0.491. The van der Waals surface area contributed by atoms with E-state index in [1.807, 2.05) is 20.8 Å². The van der Waals surface area contributed by atoms with Crippen molar-refractivity contribution in [1.82, 2.24) is 15.2 Å². The molecule has 2 rings (SSSR count). The number of amides is 1. The van der Waals surface area contributed by atoms with Crippen molar-refractivity contribution < 1.29 is 9.90 Å². The molecular weight excluding hydrogens is 302 g/mol. The standard InChI is InChI=1S/C14H19N5O2S/c1-14(2,3)10(20)7-16-11-5-4-9(6-15-11)12(21)18-13-19-17-8-22-13/h4-6,8,10,20H,7H2,1-3H3,(H,15,16)(H,18,19,21). The molecule has 0 saturated heterocycles. The summed E-state index contributed by atoms with van der Waals surface area (Å²) in [6, 6.07) is 3.36. The molecule has 2 heterocycles. The molecule has 22 heavy (non-hydrogen) atoms.